The minimum Gasteiger partial charge on any atom is -0.469 e. The SMILES string of the molecule is COC(=O)[C@H]1[C@H]2[C@@H]1N(C1CCCCC1)C(=O)[C@](C)(NC(=O)c1ccccc1)[C@H]2c1ccccc1. The van der Waals surface area contributed by atoms with Gasteiger partial charge in [0, 0.05) is 23.4 Å². The zero-order chi connectivity index (χ0) is 23.9. The van der Waals surface area contributed by atoms with Gasteiger partial charge in [-0.15, -0.1) is 0 Å². The number of fused-ring (bicyclic) bond motifs is 1. The van der Waals surface area contributed by atoms with E-state index in [-0.39, 0.29) is 47.6 Å². The molecule has 5 atom stereocenters. The Balaban J connectivity index is 1.59. The molecule has 0 spiro atoms. The summed E-state index contributed by atoms with van der Waals surface area (Å²) in [5.74, 6) is -1.46. The fraction of sp³-hybridized carbons (Fsp3) is 0.464. The molecule has 2 aliphatic carbocycles. The van der Waals surface area contributed by atoms with Crippen LogP contribution in [0, 0.1) is 11.8 Å². The van der Waals surface area contributed by atoms with Gasteiger partial charge in [0.1, 0.15) is 5.54 Å². The molecule has 1 saturated heterocycles. The lowest BCUT2D eigenvalue weighted by atomic mass is 9.72. The highest BCUT2D eigenvalue weighted by Gasteiger charge is 2.72. The van der Waals surface area contributed by atoms with Crippen molar-refractivity contribution in [3.63, 3.8) is 0 Å². The average Bonchev–Trinajstić information content (AvgIpc) is 3.59. The van der Waals surface area contributed by atoms with Crippen LogP contribution in [0.3, 0.4) is 0 Å². The maximum absolute atomic E-state index is 14.3. The first-order valence-electron chi connectivity index (χ1n) is 12.3. The van der Waals surface area contributed by atoms with Crippen LogP contribution in [0.1, 0.15) is 60.9 Å². The molecule has 3 fully saturated rings. The van der Waals surface area contributed by atoms with Gasteiger partial charge in [-0.2, -0.15) is 0 Å². The average molecular weight is 461 g/mol. The molecular weight excluding hydrogens is 428 g/mol. The van der Waals surface area contributed by atoms with Crippen molar-refractivity contribution in [3.05, 3.63) is 71.8 Å². The van der Waals surface area contributed by atoms with Gasteiger partial charge in [0.05, 0.1) is 19.1 Å². The van der Waals surface area contributed by atoms with E-state index >= 15 is 0 Å². The Morgan fingerprint density at radius 2 is 1.59 bits per heavy atom. The quantitative estimate of drug-likeness (QED) is 0.687. The molecule has 0 radical (unpaired) electrons. The van der Waals surface area contributed by atoms with Crippen LogP contribution in [-0.2, 0) is 14.3 Å². The van der Waals surface area contributed by atoms with Crippen LogP contribution >= 0.6 is 0 Å². The van der Waals surface area contributed by atoms with Crippen LogP contribution in [-0.4, -0.2) is 47.4 Å². The summed E-state index contributed by atoms with van der Waals surface area (Å²) in [6.45, 7) is 1.84. The number of esters is 1. The van der Waals surface area contributed by atoms with Crippen LogP contribution in [0.25, 0.3) is 0 Å². The summed E-state index contributed by atoms with van der Waals surface area (Å²) in [5, 5.41) is 3.13. The third kappa shape index (κ3) is 3.69. The Morgan fingerprint density at radius 1 is 0.971 bits per heavy atom. The van der Waals surface area contributed by atoms with Crippen molar-refractivity contribution in [2.24, 2.45) is 11.8 Å². The number of carbonyl (C=O) groups excluding carboxylic acids is 3. The smallest absolute Gasteiger partial charge is 0.311 e. The van der Waals surface area contributed by atoms with Crippen LogP contribution in [0.15, 0.2) is 60.7 Å². The van der Waals surface area contributed by atoms with Gasteiger partial charge < -0.3 is 15.0 Å². The van der Waals surface area contributed by atoms with E-state index < -0.39 is 5.54 Å². The second-order valence-corrected chi connectivity index (χ2v) is 10.0. The van der Waals surface area contributed by atoms with Crippen LogP contribution in [0.5, 0.6) is 0 Å². The molecule has 2 aromatic carbocycles. The van der Waals surface area contributed by atoms with Gasteiger partial charge >= 0.3 is 5.97 Å². The monoisotopic (exact) mass is 460 g/mol. The zero-order valence-corrected chi connectivity index (χ0v) is 19.8. The molecular formula is C28H32N2O4. The van der Waals surface area contributed by atoms with Crippen molar-refractivity contribution in [2.75, 3.05) is 7.11 Å². The number of piperidine rings is 1. The van der Waals surface area contributed by atoms with E-state index in [1.807, 2.05) is 60.4 Å². The molecule has 1 N–H and O–H groups in total. The number of hydrogen-bond donors (Lipinski definition) is 1. The highest BCUT2D eigenvalue weighted by Crippen LogP contribution is 2.61. The summed E-state index contributed by atoms with van der Waals surface area (Å²) < 4.78 is 5.18. The standard InChI is InChI=1S/C28H32N2O4/c1-28(29-25(31)19-14-8-4-9-15-19)23(18-12-6-3-7-13-18)21-22(26(32)34-2)24(21)30(27(28)33)20-16-10-5-11-17-20/h3-4,6-9,12-15,20-24H,5,10-11,16-17H2,1-2H3,(H,29,31)/t21-,22+,23+,24+,28-/m1/s1. The van der Waals surface area contributed by atoms with Crippen molar-refractivity contribution in [2.45, 2.75) is 62.6 Å². The van der Waals surface area contributed by atoms with E-state index in [2.05, 4.69) is 5.32 Å². The second kappa shape index (κ2) is 8.90. The summed E-state index contributed by atoms with van der Waals surface area (Å²) in [4.78, 5) is 42.5. The number of amides is 2. The van der Waals surface area contributed by atoms with Gasteiger partial charge in [-0.05, 0) is 37.5 Å². The minimum atomic E-state index is -1.18. The lowest BCUT2D eigenvalue weighted by Crippen LogP contribution is -2.66. The predicted molar refractivity (Wildman–Crippen MR) is 128 cm³/mol. The first kappa shape index (κ1) is 22.6. The number of nitrogens with one attached hydrogen (secondary N) is 1. The van der Waals surface area contributed by atoms with E-state index in [1.54, 1.807) is 12.1 Å². The van der Waals surface area contributed by atoms with Gasteiger partial charge in [-0.25, -0.2) is 0 Å². The number of benzene rings is 2. The number of methoxy groups -OCH3 is 1. The summed E-state index contributed by atoms with van der Waals surface area (Å²) in [5.41, 5.74) is 0.279. The summed E-state index contributed by atoms with van der Waals surface area (Å²) in [7, 11) is 1.41. The molecule has 34 heavy (non-hydrogen) atoms. The highest BCUT2D eigenvalue weighted by atomic mass is 16.5. The van der Waals surface area contributed by atoms with Gasteiger partial charge in [0.25, 0.3) is 5.91 Å². The van der Waals surface area contributed by atoms with Crippen molar-refractivity contribution in [1.29, 1.82) is 0 Å². The van der Waals surface area contributed by atoms with Gasteiger partial charge in [-0.3, -0.25) is 14.4 Å². The Hall–Kier alpha value is -3.15. The number of carbonyl (C=O) groups is 3. The first-order chi connectivity index (χ1) is 16.5. The molecule has 6 heteroatoms. The van der Waals surface area contributed by atoms with Crippen molar-refractivity contribution < 1.29 is 19.1 Å². The number of likely N-dealkylation sites (tertiary alicyclic amines) is 1. The maximum Gasteiger partial charge on any atom is 0.311 e. The Labute approximate surface area is 200 Å². The summed E-state index contributed by atoms with van der Waals surface area (Å²) in [6.07, 6.45) is 5.18. The van der Waals surface area contributed by atoms with E-state index in [0.29, 0.717) is 5.56 Å². The maximum atomic E-state index is 14.3. The van der Waals surface area contributed by atoms with Crippen LogP contribution in [0.2, 0.25) is 0 Å². The Morgan fingerprint density at radius 3 is 2.21 bits per heavy atom. The van der Waals surface area contributed by atoms with Crippen LogP contribution < -0.4 is 5.32 Å². The predicted octanol–water partition coefficient (Wildman–Crippen LogP) is 3.92. The van der Waals surface area contributed by atoms with E-state index in [4.69, 9.17) is 4.74 Å². The molecule has 5 rings (SSSR count). The molecule has 178 valence electrons. The normalized spacial score (nSPS) is 30.9. The Kier molecular flexibility index (Phi) is 5.92. The van der Waals surface area contributed by atoms with E-state index in [9.17, 15) is 14.4 Å². The minimum absolute atomic E-state index is 0.0908. The van der Waals surface area contributed by atoms with Gasteiger partial charge in [-0.1, -0.05) is 67.8 Å². The van der Waals surface area contributed by atoms with Crippen molar-refractivity contribution >= 4 is 17.8 Å². The first-order valence-corrected chi connectivity index (χ1v) is 12.3. The third-order valence-corrected chi connectivity index (χ3v) is 8.05. The summed E-state index contributed by atoms with van der Waals surface area (Å²) >= 11 is 0. The van der Waals surface area contributed by atoms with E-state index in [1.165, 1.54) is 13.5 Å². The van der Waals surface area contributed by atoms with Gasteiger partial charge in [0.15, 0.2) is 0 Å². The van der Waals surface area contributed by atoms with Crippen molar-refractivity contribution in [1.82, 2.24) is 10.2 Å². The van der Waals surface area contributed by atoms with Gasteiger partial charge in [0.2, 0.25) is 5.91 Å². The van der Waals surface area contributed by atoms with E-state index in [0.717, 1.165) is 31.2 Å². The number of rotatable bonds is 5. The number of hydrogen-bond acceptors (Lipinski definition) is 4. The molecule has 3 aliphatic rings. The second-order valence-electron chi connectivity index (χ2n) is 10.0. The lowest BCUT2D eigenvalue weighted by Gasteiger charge is -2.48. The third-order valence-electron chi connectivity index (χ3n) is 8.05. The summed E-state index contributed by atoms with van der Waals surface area (Å²) in [6, 6.07) is 18.7. The number of ether oxygens (including phenoxy) is 1. The molecule has 2 saturated carbocycles. The molecule has 0 aromatic heterocycles. The Bertz CT molecular complexity index is 1070. The van der Waals surface area contributed by atoms with Crippen LogP contribution in [0.4, 0.5) is 0 Å². The molecule has 1 heterocycles. The highest BCUT2D eigenvalue weighted by molar-refractivity contribution is 6.01. The fourth-order valence-electron chi connectivity index (χ4n) is 6.45. The largest absolute Gasteiger partial charge is 0.469 e. The molecule has 2 amide bonds. The molecule has 0 bridgehead atoms. The molecule has 1 aliphatic heterocycles. The topological polar surface area (TPSA) is 75.7 Å². The molecule has 6 nitrogen and oxygen atoms in total. The number of nitrogens with zero attached hydrogens (tertiary/aromatic N) is 1. The fourth-order valence-corrected chi connectivity index (χ4v) is 6.45. The lowest BCUT2D eigenvalue weighted by molar-refractivity contribution is -0.146. The van der Waals surface area contributed by atoms with Crippen molar-refractivity contribution in [3.8, 4) is 0 Å². The molecule has 0 unspecified atom stereocenters. The molecule has 2 aromatic rings. The zero-order valence-electron chi connectivity index (χ0n) is 19.8.